The maximum Gasteiger partial charge on any atom is 0.410 e. The van der Waals surface area contributed by atoms with Gasteiger partial charge in [0.05, 0.1) is 31.5 Å². The Hall–Kier alpha value is -3.14. The van der Waals surface area contributed by atoms with Crippen molar-refractivity contribution in [3.8, 4) is 0 Å². The summed E-state index contributed by atoms with van der Waals surface area (Å²) in [6.07, 6.45) is 2.56. The van der Waals surface area contributed by atoms with Gasteiger partial charge in [0, 0.05) is 18.4 Å². The minimum atomic E-state index is -1.26. The average molecular weight is 432 g/mol. The number of rotatable bonds is 4. The van der Waals surface area contributed by atoms with Gasteiger partial charge in [-0.05, 0) is 46.8 Å². The van der Waals surface area contributed by atoms with Crippen LogP contribution in [-0.2, 0) is 19.0 Å². The Morgan fingerprint density at radius 3 is 2.74 bits per heavy atom. The van der Waals surface area contributed by atoms with Crippen molar-refractivity contribution in [1.29, 1.82) is 0 Å². The standard InChI is InChI=1S/C21H28N4O6/c1-6-29-17(26)15-12-22-25-8-7-14(11-16(15)25)23-18(27)21(5)13-24(9-10-30-21)19(28)31-20(2,3)4/h7-8,11-12H,6,9-10,13H2,1-5H3,(H,23,27). The lowest BCUT2D eigenvalue weighted by Crippen LogP contribution is -2.58. The Bertz CT molecular complexity index is 995. The quantitative estimate of drug-likeness (QED) is 0.739. The number of amides is 2. The molecule has 10 heteroatoms. The number of aromatic nitrogens is 2. The van der Waals surface area contributed by atoms with E-state index in [0.29, 0.717) is 23.3 Å². The van der Waals surface area contributed by atoms with E-state index < -0.39 is 29.2 Å². The van der Waals surface area contributed by atoms with Crippen LogP contribution in [0.5, 0.6) is 0 Å². The Kier molecular flexibility index (Phi) is 6.21. The lowest BCUT2D eigenvalue weighted by atomic mass is 10.0. The molecular weight excluding hydrogens is 404 g/mol. The number of hydrogen-bond donors (Lipinski definition) is 1. The number of anilines is 1. The molecule has 1 atom stereocenters. The zero-order valence-electron chi connectivity index (χ0n) is 18.4. The molecule has 1 aliphatic heterocycles. The largest absolute Gasteiger partial charge is 0.462 e. The second-order valence-corrected chi connectivity index (χ2v) is 8.46. The summed E-state index contributed by atoms with van der Waals surface area (Å²) in [4.78, 5) is 39.0. The molecule has 1 aliphatic rings. The van der Waals surface area contributed by atoms with Gasteiger partial charge in [0.2, 0.25) is 0 Å². The fourth-order valence-corrected chi connectivity index (χ4v) is 3.18. The van der Waals surface area contributed by atoms with Crippen LogP contribution in [0.4, 0.5) is 10.5 Å². The van der Waals surface area contributed by atoms with Gasteiger partial charge >= 0.3 is 12.1 Å². The number of carbonyl (C=O) groups is 3. The number of pyridine rings is 1. The topological polar surface area (TPSA) is 111 Å². The predicted molar refractivity (Wildman–Crippen MR) is 112 cm³/mol. The highest BCUT2D eigenvalue weighted by Crippen LogP contribution is 2.23. The molecule has 1 saturated heterocycles. The molecule has 3 rings (SSSR count). The van der Waals surface area contributed by atoms with Crippen LogP contribution in [0.25, 0.3) is 5.52 Å². The van der Waals surface area contributed by atoms with Crippen LogP contribution in [0.2, 0.25) is 0 Å². The minimum Gasteiger partial charge on any atom is -0.462 e. The summed E-state index contributed by atoms with van der Waals surface area (Å²) in [5, 5.41) is 6.93. The zero-order valence-corrected chi connectivity index (χ0v) is 18.4. The lowest BCUT2D eigenvalue weighted by molar-refractivity contribution is -0.149. The first-order valence-corrected chi connectivity index (χ1v) is 10.1. The minimum absolute atomic E-state index is 0.0523. The van der Waals surface area contributed by atoms with Crippen molar-refractivity contribution in [1.82, 2.24) is 14.5 Å². The normalized spacial score (nSPS) is 19.2. The highest BCUT2D eigenvalue weighted by atomic mass is 16.6. The van der Waals surface area contributed by atoms with Crippen molar-refractivity contribution in [3.05, 3.63) is 30.1 Å². The molecule has 2 amide bonds. The number of morpholine rings is 1. The van der Waals surface area contributed by atoms with E-state index >= 15 is 0 Å². The Balaban J connectivity index is 1.75. The molecule has 168 valence electrons. The maximum absolute atomic E-state index is 13.0. The van der Waals surface area contributed by atoms with Crippen LogP contribution < -0.4 is 5.32 Å². The van der Waals surface area contributed by atoms with Crippen molar-refractivity contribution < 1.29 is 28.6 Å². The summed E-state index contributed by atoms with van der Waals surface area (Å²) in [6.45, 7) is 9.55. The highest BCUT2D eigenvalue weighted by molar-refractivity contribution is 6.00. The summed E-state index contributed by atoms with van der Waals surface area (Å²) in [6, 6.07) is 3.29. The van der Waals surface area contributed by atoms with Crippen molar-refractivity contribution in [3.63, 3.8) is 0 Å². The van der Waals surface area contributed by atoms with E-state index in [1.165, 1.54) is 15.6 Å². The SMILES string of the molecule is CCOC(=O)c1cnn2ccc(NC(=O)C3(C)CN(C(=O)OC(C)(C)C)CCO3)cc12. The molecule has 1 fully saturated rings. The number of carbonyl (C=O) groups excluding carboxylic acids is 3. The van der Waals surface area contributed by atoms with Crippen LogP contribution in [-0.4, -0.2) is 70.0 Å². The molecule has 0 bridgehead atoms. The molecule has 1 N–H and O–H groups in total. The van der Waals surface area contributed by atoms with Gasteiger partial charge in [0.15, 0.2) is 5.60 Å². The Morgan fingerprint density at radius 2 is 2.06 bits per heavy atom. The van der Waals surface area contributed by atoms with Gasteiger partial charge in [-0.1, -0.05) is 0 Å². The van der Waals surface area contributed by atoms with Gasteiger partial charge in [-0.3, -0.25) is 4.79 Å². The van der Waals surface area contributed by atoms with Crippen molar-refractivity contribution in [2.24, 2.45) is 0 Å². The zero-order chi connectivity index (χ0) is 22.8. The third kappa shape index (κ3) is 5.13. The van der Waals surface area contributed by atoms with E-state index in [-0.39, 0.29) is 19.8 Å². The maximum atomic E-state index is 13.0. The molecule has 2 aromatic heterocycles. The van der Waals surface area contributed by atoms with E-state index in [0.717, 1.165) is 0 Å². The molecule has 31 heavy (non-hydrogen) atoms. The highest BCUT2D eigenvalue weighted by Gasteiger charge is 2.42. The first-order valence-electron chi connectivity index (χ1n) is 10.1. The van der Waals surface area contributed by atoms with E-state index in [4.69, 9.17) is 14.2 Å². The summed E-state index contributed by atoms with van der Waals surface area (Å²) >= 11 is 0. The summed E-state index contributed by atoms with van der Waals surface area (Å²) in [5.41, 5.74) is -0.630. The van der Waals surface area contributed by atoms with E-state index in [1.54, 1.807) is 52.9 Å². The number of hydrogen-bond acceptors (Lipinski definition) is 7. The smallest absolute Gasteiger partial charge is 0.410 e. The number of ether oxygens (including phenoxy) is 3. The molecule has 3 heterocycles. The van der Waals surface area contributed by atoms with Gasteiger partial charge in [-0.2, -0.15) is 5.10 Å². The first-order chi connectivity index (χ1) is 14.5. The van der Waals surface area contributed by atoms with Crippen molar-refractivity contribution >= 4 is 29.2 Å². The molecule has 0 radical (unpaired) electrons. The molecule has 0 saturated carbocycles. The predicted octanol–water partition coefficient (Wildman–Crippen LogP) is 2.48. The van der Waals surface area contributed by atoms with Gasteiger partial charge in [0.25, 0.3) is 5.91 Å². The molecule has 1 unspecified atom stereocenters. The van der Waals surface area contributed by atoms with Gasteiger partial charge in [0.1, 0.15) is 11.2 Å². The second kappa shape index (κ2) is 8.54. The Labute approximate surface area is 180 Å². The molecule has 0 spiro atoms. The number of fused-ring (bicyclic) bond motifs is 1. The average Bonchev–Trinajstić information content (AvgIpc) is 3.10. The molecule has 2 aromatic rings. The monoisotopic (exact) mass is 432 g/mol. The first kappa shape index (κ1) is 22.5. The van der Waals surface area contributed by atoms with E-state index in [2.05, 4.69) is 10.4 Å². The van der Waals surface area contributed by atoms with Crippen molar-refractivity contribution in [2.45, 2.75) is 45.8 Å². The molecule has 0 aromatic carbocycles. The van der Waals surface area contributed by atoms with Crippen LogP contribution >= 0.6 is 0 Å². The summed E-state index contributed by atoms with van der Waals surface area (Å²) < 4.78 is 17.7. The van der Waals surface area contributed by atoms with E-state index in [9.17, 15) is 14.4 Å². The van der Waals surface area contributed by atoms with Gasteiger partial charge < -0.3 is 24.4 Å². The van der Waals surface area contributed by atoms with E-state index in [1.807, 2.05) is 0 Å². The Morgan fingerprint density at radius 1 is 1.32 bits per heavy atom. The number of nitrogens with zero attached hydrogens (tertiary/aromatic N) is 3. The van der Waals surface area contributed by atoms with Crippen LogP contribution in [0.3, 0.4) is 0 Å². The summed E-state index contributed by atoms with van der Waals surface area (Å²) in [5.74, 6) is -0.904. The molecule has 10 nitrogen and oxygen atoms in total. The number of nitrogens with one attached hydrogen (secondary N) is 1. The third-order valence-electron chi connectivity index (χ3n) is 4.68. The number of esters is 1. The second-order valence-electron chi connectivity index (χ2n) is 8.46. The van der Waals surface area contributed by atoms with Crippen LogP contribution in [0, 0.1) is 0 Å². The van der Waals surface area contributed by atoms with Gasteiger partial charge in [-0.25, -0.2) is 14.1 Å². The third-order valence-corrected chi connectivity index (χ3v) is 4.68. The summed E-state index contributed by atoms with van der Waals surface area (Å²) in [7, 11) is 0. The van der Waals surface area contributed by atoms with Crippen molar-refractivity contribution in [2.75, 3.05) is 31.6 Å². The molecular formula is C21H28N4O6. The fourth-order valence-electron chi connectivity index (χ4n) is 3.18. The lowest BCUT2D eigenvalue weighted by Gasteiger charge is -2.39. The fraction of sp³-hybridized carbons (Fsp3) is 0.524. The van der Waals surface area contributed by atoms with Crippen LogP contribution in [0.15, 0.2) is 24.5 Å². The van der Waals surface area contributed by atoms with Gasteiger partial charge in [-0.15, -0.1) is 0 Å². The molecule has 0 aliphatic carbocycles. The van der Waals surface area contributed by atoms with Crippen LogP contribution in [0.1, 0.15) is 45.0 Å².